The first-order valence-electron chi connectivity index (χ1n) is 18.9. The molecule has 2 aromatic heterocycles. The number of hydrogen-bond acceptors (Lipinski definition) is 4. The molecule has 11 aromatic rings. The predicted octanol–water partition coefficient (Wildman–Crippen LogP) is 15.2. The Bertz CT molecular complexity index is 3160. The fraction of sp³-hybridized carbons (Fsp3) is 0. The molecule has 0 saturated carbocycles. The van der Waals surface area contributed by atoms with Crippen LogP contribution in [0.1, 0.15) is 0 Å². The van der Waals surface area contributed by atoms with Gasteiger partial charge >= 0.3 is 0 Å². The zero-order valence-corrected chi connectivity index (χ0v) is 30.3. The molecule has 4 nitrogen and oxygen atoms in total. The number of anilines is 6. The maximum absolute atomic E-state index is 6.59. The van der Waals surface area contributed by atoms with Crippen molar-refractivity contribution in [2.24, 2.45) is 0 Å². The standard InChI is InChI=1S/C52H34N2O2/c1-3-13-39(14-4-1)53(40-15-5-2-6-16-40)43-26-29-47-48-32-42(27-30-50(48)56-52(47)33-43)54(44-25-28-46-45-17-9-10-18-49(45)55-51(46)34-44)41-23-21-36(22-24-41)38-20-19-35-11-7-8-12-37(35)31-38/h1-34H. The molecule has 11 rings (SSSR count). The minimum Gasteiger partial charge on any atom is -0.456 e. The van der Waals surface area contributed by atoms with Gasteiger partial charge in [-0.2, -0.15) is 0 Å². The first-order valence-corrected chi connectivity index (χ1v) is 18.9. The summed E-state index contributed by atoms with van der Waals surface area (Å²) >= 11 is 0. The van der Waals surface area contributed by atoms with E-state index in [2.05, 4.69) is 192 Å². The van der Waals surface area contributed by atoms with E-state index in [0.29, 0.717) is 0 Å². The minimum atomic E-state index is 0.835. The number of rotatable bonds is 7. The van der Waals surface area contributed by atoms with Crippen LogP contribution >= 0.6 is 0 Å². The van der Waals surface area contributed by atoms with Gasteiger partial charge in [0.25, 0.3) is 0 Å². The molecule has 0 amide bonds. The van der Waals surface area contributed by atoms with Crippen molar-refractivity contribution in [3.05, 3.63) is 206 Å². The second kappa shape index (κ2) is 13.1. The molecule has 0 saturated heterocycles. The molecule has 0 aliphatic heterocycles. The maximum Gasteiger partial charge on any atom is 0.137 e. The third-order valence-electron chi connectivity index (χ3n) is 10.8. The SMILES string of the molecule is c1ccc(N(c2ccccc2)c2ccc3c(c2)oc2ccc(N(c4ccc(-c5ccc6ccccc6c5)cc4)c4ccc5c(c4)oc4ccccc45)cc23)cc1. The Kier molecular flexibility index (Phi) is 7.46. The van der Waals surface area contributed by atoms with Gasteiger partial charge in [0, 0.05) is 67.8 Å². The van der Waals surface area contributed by atoms with Gasteiger partial charge in [-0.15, -0.1) is 0 Å². The van der Waals surface area contributed by atoms with Crippen LogP contribution in [-0.4, -0.2) is 0 Å². The summed E-state index contributed by atoms with van der Waals surface area (Å²) in [7, 11) is 0. The highest BCUT2D eigenvalue weighted by Crippen LogP contribution is 2.43. The van der Waals surface area contributed by atoms with Crippen molar-refractivity contribution in [2.45, 2.75) is 0 Å². The van der Waals surface area contributed by atoms with E-state index in [9.17, 15) is 0 Å². The third-order valence-corrected chi connectivity index (χ3v) is 10.8. The molecule has 0 bridgehead atoms. The molecule has 0 unspecified atom stereocenters. The lowest BCUT2D eigenvalue weighted by molar-refractivity contribution is 0.668. The highest BCUT2D eigenvalue weighted by atomic mass is 16.3. The molecular weight excluding hydrogens is 685 g/mol. The van der Waals surface area contributed by atoms with Crippen molar-refractivity contribution in [3.63, 3.8) is 0 Å². The van der Waals surface area contributed by atoms with Crippen LogP contribution < -0.4 is 9.80 Å². The largest absolute Gasteiger partial charge is 0.456 e. The van der Waals surface area contributed by atoms with Crippen molar-refractivity contribution in [2.75, 3.05) is 9.80 Å². The van der Waals surface area contributed by atoms with Gasteiger partial charge < -0.3 is 18.6 Å². The topological polar surface area (TPSA) is 32.8 Å². The van der Waals surface area contributed by atoms with E-state index >= 15 is 0 Å². The summed E-state index contributed by atoms with van der Waals surface area (Å²) in [4.78, 5) is 4.56. The Morgan fingerprint density at radius 2 is 0.714 bits per heavy atom. The molecule has 9 aromatic carbocycles. The summed E-state index contributed by atoms with van der Waals surface area (Å²) in [6, 6.07) is 72.6. The molecule has 0 fully saturated rings. The van der Waals surface area contributed by atoms with Gasteiger partial charge in [-0.3, -0.25) is 0 Å². The quantitative estimate of drug-likeness (QED) is 0.164. The number of para-hydroxylation sites is 3. The Morgan fingerprint density at radius 3 is 1.41 bits per heavy atom. The third kappa shape index (κ3) is 5.47. The van der Waals surface area contributed by atoms with E-state index in [1.807, 2.05) is 24.3 Å². The van der Waals surface area contributed by atoms with Crippen molar-refractivity contribution in [3.8, 4) is 11.1 Å². The molecule has 0 spiro atoms. The molecule has 56 heavy (non-hydrogen) atoms. The fourth-order valence-corrected chi connectivity index (χ4v) is 8.11. The van der Waals surface area contributed by atoms with Gasteiger partial charge in [-0.1, -0.05) is 103 Å². The van der Waals surface area contributed by atoms with Crippen molar-refractivity contribution in [1.29, 1.82) is 0 Å². The van der Waals surface area contributed by atoms with Crippen LogP contribution in [-0.2, 0) is 0 Å². The summed E-state index contributed by atoms with van der Waals surface area (Å²) in [6.07, 6.45) is 0. The van der Waals surface area contributed by atoms with E-state index in [4.69, 9.17) is 8.83 Å². The Hall–Kier alpha value is -7.56. The van der Waals surface area contributed by atoms with Crippen LogP contribution in [0.3, 0.4) is 0 Å². The van der Waals surface area contributed by atoms with Crippen molar-refractivity contribution >= 4 is 88.8 Å². The summed E-state index contributed by atoms with van der Waals surface area (Å²) < 4.78 is 13.0. The normalized spacial score (nSPS) is 11.6. The van der Waals surface area contributed by atoms with Gasteiger partial charge in [-0.25, -0.2) is 0 Å². The molecule has 2 heterocycles. The lowest BCUT2D eigenvalue weighted by Gasteiger charge is -2.26. The summed E-state index contributed by atoms with van der Waals surface area (Å²) in [5, 5.41) is 6.80. The second-order valence-corrected chi connectivity index (χ2v) is 14.2. The number of benzene rings is 9. The Morgan fingerprint density at radius 1 is 0.250 bits per heavy atom. The van der Waals surface area contributed by atoms with Gasteiger partial charge in [0.1, 0.15) is 22.3 Å². The lowest BCUT2D eigenvalue weighted by Crippen LogP contribution is -2.09. The highest BCUT2D eigenvalue weighted by Gasteiger charge is 2.19. The molecule has 0 aliphatic carbocycles. The van der Waals surface area contributed by atoms with Crippen LogP contribution in [0.25, 0.3) is 65.8 Å². The number of fused-ring (bicyclic) bond motifs is 7. The number of furan rings is 2. The van der Waals surface area contributed by atoms with E-state index in [0.717, 1.165) is 78.0 Å². The molecule has 0 N–H and O–H groups in total. The molecule has 0 radical (unpaired) electrons. The van der Waals surface area contributed by atoms with Crippen molar-refractivity contribution in [1.82, 2.24) is 0 Å². The monoisotopic (exact) mass is 718 g/mol. The van der Waals surface area contributed by atoms with Crippen LogP contribution in [0.5, 0.6) is 0 Å². The Labute approximate surface area is 323 Å². The Balaban J connectivity index is 1.03. The van der Waals surface area contributed by atoms with Gasteiger partial charge in [0.2, 0.25) is 0 Å². The molecule has 264 valence electrons. The number of nitrogens with zero attached hydrogens (tertiary/aromatic N) is 2. The highest BCUT2D eigenvalue weighted by molar-refractivity contribution is 6.09. The average molecular weight is 719 g/mol. The van der Waals surface area contributed by atoms with E-state index < -0.39 is 0 Å². The summed E-state index contributed by atoms with van der Waals surface area (Å²) in [5.74, 6) is 0. The van der Waals surface area contributed by atoms with Gasteiger partial charge in [0.05, 0.1) is 0 Å². The second-order valence-electron chi connectivity index (χ2n) is 14.2. The first-order chi connectivity index (χ1) is 27.7. The molecule has 4 heteroatoms. The van der Waals surface area contributed by atoms with Crippen LogP contribution in [0, 0.1) is 0 Å². The maximum atomic E-state index is 6.59. The molecule has 0 atom stereocenters. The van der Waals surface area contributed by atoms with Crippen molar-refractivity contribution < 1.29 is 8.83 Å². The zero-order chi connectivity index (χ0) is 37.0. The molecular formula is C52H34N2O2. The summed E-state index contributed by atoms with van der Waals surface area (Å²) in [5.41, 5.74) is 12.0. The smallest absolute Gasteiger partial charge is 0.137 e. The lowest BCUT2D eigenvalue weighted by atomic mass is 10.0. The predicted molar refractivity (Wildman–Crippen MR) is 233 cm³/mol. The van der Waals surface area contributed by atoms with Crippen LogP contribution in [0.4, 0.5) is 34.1 Å². The molecule has 0 aliphatic rings. The minimum absolute atomic E-state index is 0.835. The zero-order valence-electron chi connectivity index (χ0n) is 30.3. The van der Waals surface area contributed by atoms with E-state index in [1.165, 1.54) is 21.9 Å². The fourth-order valence-electron chi connectivity index (χ4n) is 8.11. The average Bonchev–Trinajstić information content (AvgIpc) is 3.82. The van der Waals surface area contributed by atoms with Gasteiger partial charge in [0.15, 0.2) is 0 Å². The number of hydrogen-bond donors (Lipinski definition) is 0. The van der Waals surface area contributed by atoms with Crippen LogP contribution in [0.2, 0.25) is 0 Å². The van der Waals surface area contributed by atoms with E-state index in [-0.39, 0.29) is 0 Å². The van der Waals surface area contributed by atoms with E-state index in [1.54, 1.807) is 0 Å². The summed E-state index contributed by atoms with van der Waals surface area (Å²) in [6.45, 7) is 0. The first kappa shape index (κ1) is 31.9. The van der Waals surface area contributed by atoms with Crippen LogP contribution in [0.15, 0.2) is 215 Å². The van der Waals surface area contributed by atoms with Gasteiger partial charge in [-0.05, 0) is 113 Å².